The first-order valence-electron chi connectivity index (χ1n) is 10.7. The Labute approximate surface area is 198 Å². The normalized spacial score (nSPS) is 11.5. The van der Waals surface area contributed by atoms with Crippen molar-refractivity contribution in [1.29, 1.82) is 0 Å². The maximum atomic E-state index is 13.4. The zero-order valence-corrected chi connectivity index (χ0v) is 18.2. The lowest BCUT2D eigenvalue weighted by atomic mass is 10.0. The van der Waals surface area contributed by atoms with Gasteiger partial charge in [-0.2, -0.15) is 18.3 Å². The van der Waals surface area contributed by atoms with Gasteiger partial charge in [-0.15, -0.1) is 5.10 Å². The molecule has 0 radical (unpaired) electrons. The minimum atomic E-state index is -4.40. The second kappa shape index (κ2) is 9.02. The molecular weight excluding hydrogens is 455 g/mol. The van der Waals surface area contributed by atoms with E-state index < -0.39 is 11.7 Å². The Hall–Kier alpha value is -4.53. The maximum absolute atomic E-state index is 13.4. The summed E-state index contributed by atoms with van der Waals surface area (Å²) in [5, 5.41) is 12.7. The number of hydrogen-bond acceptors (Lipinski definition) is 4. The Balaban J connectivity index is 1.44. The van der Waals surface area contributed by atoms with E-state index in [-0.39, 0.29) is 18.0 Å². The van der Waals surface area contributed by atoms with Crippen LogP contribution in [0, 0.1) is 0 Å². The molecule has 0 amide bonds. The van der Waals surface area contributed by atoms with Crippen molar-refractivity contribution >= 4 is 5.78 Å². The Morgan fingerprint density at radius 2 is 1.49 bits per heavy atom. The highest BCUT2D eigenvalue weighted by Crippen LogP contribution is 2.29. The number of nitrogens with zero attached hydrogens (tertiary/aromatic N) is 5. The SMILES string of the molecule is O=C(c1cn(Cc2ccc(C(F)(F)F)cc2)nn1)c1cn(-c2ccccc2)nc1-c1ccccc1. The zero-order chi connectivity index (χ0) is 24.4. The number of hydrogen-bond donors (Lipinski definition) is 0. The molecule has 2 heterocycles. The molecule has 6 nitrogen and oxygen atoms in total. The van der Waals surface area contributed by atoms with Gasteiger partial charge in [0.2, 0.25) is 5.78 Å². The summed E-state index contributed by atoms with van der Waals surface area (Å²) in [6, 6.07) is 23.6. The van der Waals surface area contributed by atoms with Crippen LogP contribution >= 0.6 is 0 Å². The summed E-state index contributed by atoms with van der Waals surface area (Å²) in [5.41, 5.74) is 2.45. The second-order valence-corrected chi connectivity index (χ2v) is 7.86. The minimum Gasteiger partial charge on any atom is -0.287 e. The van der Waals surface area contributed by atoms with Gasteiger partial charge in [0, 0.05) is 11.8 Å². The third-order valence-corrected chi connectivity index (χ3v) is 5.42. The molecule has 0 saturated carbocycles. The van der Waals surface area contributed by atoms with Gasteiger partial charge >= 0.3 is 6.18 Å². The molecule has 35 heavy (non-hydrogen) atoms. The van der Waals surface area contributed by atoms with Crippen molar-refractivity contribution in [2.24, 2.45) is 0 Å². The third-order valence-electron chi connectivity index (χ3n) is 5.42. The Morgan fingerprint density at radius 1 is 0.829 bits per heavy atom. The first-order chi connectivity index (χ1) is 16.9. The molecule has 0 aliphatic rings. The molecule has 0 N–H and O–H groups in total. The molecule has 0 bridgehead atoms. The number of para-hydroxylation sites is 1. The predicted octanol–water partition coefficient (Wildman–Crippen LogP) is 5.43. The van der Waals surface area contributed by atoms with Gasteiger partial charge in [0.05, 0.1) is 29.6 Å². The first kappa shape index (κ1) is 22.3. The third kappa shape index (κ3) is 4.74. The number of carbonyl (C=O) groups excluding carboxylic acids is 1. The van der Waals surface area contributed by atoms with Crippen LogP contribution in [-0.2, 0) is 12.7 Å². The monoisotopic (exact) mass is 473 g/mol. The van der Waals surface area contributed by atoms with Crippen molar-refractivity contribution in [3.05, 3.63) is 120 Å². The topological polar surface area (TPSA) is 65.6 Å². The lowest BCUT2D eigenvalue weighted by Gasteiger charge is -2.07. The van der Waals surface area contributed by atoms with E-state index in [4.69, 9.17) is 0 Å². The molecule has 9 heteroatoms. The number of alkyl halides is 3. The summed E-state index contributed by atoms with van der Waals surface area (Å²) in [7, 11) is 0. The lowest BCUT2D eigenvalue weighted by Crippen LogP contribution is -2.06. The van der Waals surface area contributed by atoms with E-state index in [1.807, 2.05) is 60.7 Å². The molecular formula is C26H18F3N5O. The smallest absolute Gasteiger partial charge is 0.287 e. The van der Waals surface area contributed by atoms with E-state index >= 15 is 0 Å². The predicted molar refractivity (Wildman–Crippen MR) is 123 cm³/mol. The molecule has 0 atom stereocenters. The van der Waals surface area contributed by atoms with Crippen LogP contribution in [-0.4, -0.2) is 30.6 Å². The van der Waals surface area contributed by atoms with Crippen molar-refractivity contribution in [1.82, 2.24) is 24.8 Å². The highest BCUT2D eigenvalue weighted by atomic mass is 19.4. The molecule has 3 aromatic carbocycles. The molecule has 0 unspecified atom stereocenters. The van der Waals surface area contributed by atoms with Crippen molar-refractivity contribution in [2.75, 3.05) is 0 Å². The number of ketones is 1. The average molecular weight is 473 g/mol. The number of benzene rings is 3. The van der Waals surface area contributed by atoms with E-state index in [1.165, 1.54) is 23.0 Å². The summed E-state index contributed by atoms with van der Waals surface area (Å²) in [5.74, 6) is -0.357. The number of halogens is 3. The van der Waals surface area contributed by atoms with Gasteiger partial charge < -0.3 is 0 Å². The fourth-order valence-electron chi connectivity index (χ4n) is 3.67. The fourth-order valence-corrected chi connectivity index (χ4v) is 3.67. The van der Waals surface area contributed by atoms with Crippen LogP contribution < -0.4 is 0 Å². The highest BCUT2D eigenvalue weighted by molar-refractivity contribution is 6.11. The van der Waals surface area contributed by atoms with Crippen LogP contribution in [0.3, 0.4) is 0 Å². The summed E-state index contributed by atoms with van der Waals surface area (Å²) in [6.45, 7) is 0.174. The number of carbonyl (C=O) groups is 1. The van der Waals surface area contributed by atoms with Crippen molar-refractivity contribution in [3.8, 4) is 16.9 Å². The van der Waals surface area contributed by atoms with Gasteiger partial charge in [0.25, 0.3) is 0 Å². The first-order valence-corrected chi connectivity index (χ1v) is 10.7. The largest absolute Gasteiger partial charge is 0.416 e. The molecule has 5 aromatic rings. The van der Waals surface area contributed by atoms with Crippen molar-refractivity contribution < 1.29 is 18.0 Å². The van der Waals surface area contributed by atoms with E-state index in [0.717, 1.165) is 23.4 Å². The van der Waals surface area contributed by atoms with Gasteiger partial charge in [0.1, 0.15) is 5.69 Å². The van der Waals surface area contributed by atoms with E-state index in [2.05, 4.69) is 15.4 Å². The molecule has 0 aliphatic heterocycles. The van der Waals surface area contributed by atoms with Gasteiger partial charge in [-0.1, -0.05) is 65.9 Å². The molecule has 5 rings (SSSR count). The summed E-state index contributed by atoms with van der Waals surface area (Å²) < 4.78 is 41.4. The van der Waals surface area contributed by atoms with Crippen LogP contribution in [0.2, 0.25) is 0 Å². The molecule has 0 saturated heterocycles. The summed E-state index contributed by atoms with van der Waals surface area (Å²) >= 11 is 0. The second-order valence-electron chi connectivity index (χ2n) is 7.86. The van der Waals surface area contributed by atoms with Crippen LogP contribution in [0.4, 0.5) is 13.2 Å². The van der Waals surface area contributed by atoms with Crippen LogP contribution in [0.5, 0.6) is 0 Å². The Bertz CT molecular complexity index is 1460. The molecule has 0 aliphatic carbocycles. The minimum absolute atomic E-state index is 0.113. The number of aromatic nitrogens is 5. The van der Waals surface area contributed by atoms with Crippen molar-refractivity contribution in [3.63, 3.8) is 0 Å². The summed E-state index contributed by atoms with van der Waals surface area (Å²) in [4.78, 5) is 13.4. The maximum Gasteiger partial charge on any atom is 0.416 e. The molecule has 2 aromatic heterocycles. The van der Waals surface area contributed by atoms with Crippen LogP contribution in [0.15, 0.2) is 97.3 Å². The van der Waals surface area contributed by atoms with Gasteiger partial charge in [-0.05, 0) is 29.8 Å². The summed E-state index contributed by atoms with van der Waals surface area (Å²) in [6.07, 6.45) is -1.25. The van der Waals surface area contributed by atoms with E-state index in [1.54, 1.807) is 10.9 Å². The van der Waals surface area contributed by atoms with Crippen LogP contribution in [0.1, 0.15) is 27.2 Å². The fraction of sp³-hybridized carbons (Fsp3) is 0.0769. The average Bonchev–Trinajstić information content (AvgIpc) is 3.52. The molecule has 0 fully saturated rings. The Kier molecular flexibility index (Phi) is 5.74. The lowest BCUT2D eigenvalue weighted by molar-refractivity contribution is -0.137. The van der Waals surface area contributed by atoms with Gasteiger partial charge in [-0.3, -0.25) is 4.79 Å². The number of rotatable bonds is 6. The Morgan fingerprint density at radius 3 is 2.14 bits per heavy atom. The molecule has 0 spiro atoms. The van der Waals surface area contributed by atoms with E-state index in [0.29, 0.717) is 16.8 Å². The molecule has 174 valence electrons. The highest BCUT2D eigenvalue weighted by Gasteiger charge is 2.30. The van der Waals surface area contributed by atoms with Crippen LogP contribution in [0.25, 0.3) is 16.9 Å². The van der Waals surface area contributed by atoms with Gasteiger partial charge in [0.15, 0.2) is 5.69 Å². The standard InChI is InChI=1S/C26H18F3N5O/c27-26(28,29)20-13-11-18(12-14-20)15-33-17-23(30-32-33)25(35)22-16-34(21-9-5-2-6-10-21)31-24(22)19-7-3-1-4-8-19/h1-14,16-17H,15H2. The van der Waals surface area contributed by atoms with Gasteiger partial charge in [-0.25, -0.2) is 9.36 Å². The van der Waals surface area contributed by atoms with E-state index in [9.17, 15) is 18.0 Å². The quantitative estimate of drug-likeness (QED) is 0.309. The zero-order valence-electron chi connectivity index (χ0n) is 18.2. The van der Waals surface area contributed by atoms with Crippen molar-refractivity contribution in [2.45, 2.75) is 12.7 Å².